The molecule has 1 N–H and O–H groups in total. The molecular weight excluding hydrogens is 344 g/mol. The van der Waals surface area contributed by atoms with Gasteiger partial charge in [-0.3, -0.25) is 4.79 Å². The fourth-order valence-corrected chi connectivity index (χ4v) is 4.03. The second kappa shape index (κ2) is 9.18. The quantitative estimate of drug-likeness (QED) is 0.428. The zero-order chi connectivity index (χ0) is 19.2. The van der Waals surface area contributed by atoms with Crippen molar-refractivity contribution >= 4 is 11.9 Å². The highest BCUT2D eigenvalue weighted by Gasteiger charge is 2.50. The molecule has 27 heavy (non-hydrogen) atoms. The molecule has 5 atom stereocenters. The summed E-state index contributed by atoms with van der Waals surface area (Å²) in [6.07, 6.45) is 7.39. The lowest BCUT2D eigenvalue weighted by Crippen LogP contribution is -2.25. The topological polar surface area (TPSA) is 72.8 Å². The number of esters is 2. The van der Waals surface area contributed by atoms with Crippen molar-refractivity contribution in [2.45, 2.75) is 63.8 Å². The van der Waals surface area contributed by atoms with Crippen LogP contribution in [0, 0.1) is 11.8 Å². The van der Waals surface area contributed by atoms with E-state index in [0.717, 1.165) is 25.7 Å². The third kappa shape index (κ3) is 4.98. The van der Waals surface area contributed by atoms with E-state index in [4.69, 9.17) is 9.47 Å². The number of unbranched alkanes of at least 4 members (excludes halogenated alkanes) is 2. The van der Waals surface area contributed by atoms with Crippen LogP contribution >= 0.6 is 0 Å². The van der Waals surface area contributed by atoms with Gasteiger partial charge in [0, 0.05) is 18.3 Å². The first-order chi connectivity index (χ1) is 13.1. The van der Waals surface area contributed by atoms with Gasteiger partial charge in [0.15, 0.2) is 0 Å². The number of benzene rings is 1. The molecule has 146 valence electrons. The summed E-state index contributed by atoms with van der Waals surface area (Å²) in [6.45, 7) is 2.13. The highest BCUT2D eigenvalue weighted by atomic mass is 16.6. The van der Waals surface area contributed by atoms with Crippen molar-refractivity contribution in [3.8, 4) is 0 Å². The average Bonchev–Trinajstić information content (AvgIpc) is 3.16. The van der Waals surface area contributed by atoms with Crippen molar-refractivity contribution in [1.29, 1.82) is 0 Å². The molecule has 2 aliphatic rings. The van der Waals surface area contributed by atoms with Crippen molar-refractivity contribution in [3.05, 3.63) is 48.0 Å². The van der Waals surface area contributed by atoms with E-state index >= 15 is 0 Å². The Hall–Kier alpha value is -2.14. The van der Waals surface area contributed by atoms with E-state index in [1.807, 2.05) is 12.1 Å². The molecule has 3 rings (SSSR count). The summed E-state index contributed by atoms with van der Waals surface area (Å²) in [4.78, 5) is 24.1. The van der Waals surface area contributed by atoms with Gasteiger partial charge in [0.05, 0.1) is 18.1 Å². The van der Waals surface area contributed by atoms with Gasteiger partial charge in [0.2, 0.25) is 0 Å². The van der Waals surface area contributed by atoms with Gasteiger partial charge in [-0.25, -0.2) is 4.79 Å². The first-order valence-electron chi connectivity index (χ1n) is 9.90. The van der Waals surface area contributed by atoms with Crippen molar-refractivity contribution in [3.63, 3.8) is 0 Å². The maximum absolute atomic E-state index is 12.4. The fourth-order valence-electron chi connectivity index (χ4n) is 4.03. The van der Waals surface area contributed by atoms with Crippen LogP contribution in [-0.2, 0) is 14.3 Å². The Morgan fingerprint density at radius 2 is 2.11 bits per heavy atom. The summed E-state index contributed by atoms with van der Waals surface area (Å²) in [5.41, 5.74) is 0.508. The third-order valence-corrected chi connectivity index (χ3v) is 5.48. The number of carbonyl (C=O) groups is 2. The van der Waals surface area contributed by atoms with Gasteiger partial charge in [0.25, 0.3) is 0 Å². The summed E-state index contributed by atoms with van der Waals surface area (Å²) in [7, 11) is 0. The van der Waals surface area contributed by atoms with Gasteiger partial charge < -0.3 is 14.6 Å². The number of rotatable bonds is 8. The van der Waals surface area contributed by atoms with Crippen molar-refractivity contribution < 1.29 is 24.2 Å². The van der Waals surface area contributed by atoms with Crippen molar-refractivity contribution in [1.82, 2.24) is 0 Å². The minimum Gasteiger partial charge on any atom is -0.462 e. The Bertz CT molecular complexity index is 669. The van der Waals surface area contributed by atoms with Crippen molar-refractivity contribution in [2.24, 2.45) is 11.8 Å². The molecule has 2 fully saturated rings. The maximum Gasteiger partial charge on any atom is 0.338 e. The van der Waals surface area contributed by atoms with E-state index in [9.17, 15) is 14.7 Å². The minimum atomic E-state index is -0.515. The van der Waals surface area contributed by atoms with Crippen LogP contribution < -0.4 is 0 Å². The lowest BCUT2D eigenvalue weighted by Gasteiger charge is -2.20. The highest BCUT2D eigenvalue weighted by Crippen LogP contribution is 2.43. The number of fused-ring (bicyclic) bond motifs is 1. The molecule has 1 saturated carbocycles. The Kier molecular flexibility index (Phi) is 6.67. The Morgan fingerprint density at radius 1 is 1.33 bits per heavy atom. The monoisotopic (exact) mass is 372 g/mol. The molecule has 2 unspecified atom stereocenters. The molecule has 0 radical (unpaired) electrons. The average molecular weight is 372 g/mol. The fraction of sp³-hybridized carbons (Fsp3) is 0.545. The SMILES string of the molecule is CCCCC[C@H](O)/C=C/C1[C@H]2CC(=O)OC2C[C@H]1OC(=O)c1ccccc1. The standard InChI is InChI=1S/C22H28O5/c1-2-3-5-10-16(23)11-12-17-18-13-21(24)26-20(18)14-19(17)27-22(25)15-8-6-4-7-9-15/h4,6-9,11-12,16-20,23H,2-3,5,10,13-14H2,1H3/b12-11+/t16-,17?,18+,19+,20?/m0/s1. The molecule has 0 spiro atoms. The van der Waals surface area contributed by atoms with Gasteiger partial charge in [0.1, 0.15) is 12.2 Å². The molecule has 1 saturated heterocycles. The van der Waals surface area contributed by atoms with E-state index in [-0.39, 0.29) is 36.0 Å². The summed E-state index contributed by atoms with van der Waals surface area (Å²) < 4.78 is 11.1. The number of aliphatic hydroxyl groups excluding tert-OH is 1. The molecule has 1 aromatic rings. The summed E-state index contributed by atoms with van der Waals surface area (Å²) >= 11 is 0. The van der Waals surface area contributed by atoms with E-state index in [1.165, 1.54) is 0 Å². The largest absolute Gasteiger partial charge is 0.462 e. The summed E-state index contributed by atoms with van der Waals surface area (Å²) in [6, 6.07) is 8.89. The molecule has 1 aromatic carbocycles. The van der Waals surface area contributed by atoms with Crippen LogP contribution in [0.15, 0.2) is 42.5 Å². The lowest BCUT2D eigenvalue weighted by atomic mass is 9.91. The molecule has 1 aliphatic carbocycles. The number of ether oxygens (including phenoxy) is 2. The zero-order valence-corrected chi connectivity index (χ0v) is 15.8. The number of aliphatic hydroxyl groups is 1. The molecule has 0 aromatic heterocycles. The second-order valence-corrected chi connectivity index (χ2v) is 7.47. The van der Waals surface area contributed by atoms with Crippen molar-refractivity contribution in [2.75, 3.05) is 0 Å². The Labute approximate surface area is 160 Å². The minimum absolute atomic E-state index is 0.00478. The molecule has 0 bridgehead atoms. The molecular formula is C22H28O5. The van der Waals surface area contributed by atoms with Crippen LogP contribution in [0.5, 0.6) is 0 Å². The Morgan fingerprint density at radius 3 is 2.85 bits per heavy atom. The van der Waals surface area contributed by atoms with Crippen LogP contribution in [0.3, 0.4) is 0 Å². The van der Waals surface area contributed by atoms with Crippen LogP contribution in [0.25, 0.3) is 0 Å². The van der Waals surface area contributed by atoms with Crippen LogP contribution in [-0.4, -0.2) is 35.4 Å². The van der Waals surface area contributed by atoms with Gasteiger partial charge in [-0.1, -0.05) is 56.5 Å². The van der Waals surface area contributed by atoms with Crippen LogP contribution in [0.2, 0.25) is 0 Å². The summed E-state index contributed by atoms with van der Waals surface area (Å²) in [5, 5.41) is 10.2. The zero-order valence-electron chi connectivity index (χ0n) is 15.8. The van der Waals surface area contributed by atoms with Gasteiger partial charge >= 0.3 is 11.9 Å². The Balaban J connectivity index is 1.66. The number of hydrogen-bond donors (Lipinski definition) is 1. The first kappa shape index (κ1) is 19.6. The number of hydrogen-bond acceptors (Lipinski definition) is 5. The maximum atomic E-state index is 12.4. The predicted molar refractivity (Wildman–Crippen MR) is 101 cm³/mol. The molecule has 1 heterocycles. The highest BCUT2D eigenvalue weighted by molar-refractivity contribution is 5.89. The molecule has 5 nitrogen and oxygen atoms in total. The van der Waals surface area contributed by atoms with Gasteiger partial charge in [-0.05, 0) is 18.6 Å². The molecule has 1 aliphatic heterocycles. The third-order valence-electron chi connectivity index (χ3n) is 5.48. The van der Waals surface area contributed by atoms with Gasteiger partial charge in [-0.2, -0.15) is 0 Å². The smallest absolute Gasteiger partial charge is 0.338 e. The molecule has 5 heteroatoms. The predicted octanol–water partition coefficient (Wildman–Crippen LogP) is 3.66. The van der Waals surface area contributed by atoms with E-state index < -0.39 is 6.10 Å². The number of carbonyl (C=O) groups excluding carboxylic acids is 2. The van der Waals surface area contributed by atoms with E-state index in [2.05, 4.69) is 6.92 Å². The van der Waals surface area contributed by atoms with Crippen LogP contribution in [0.1, 0.15) is 55.8 Å². The normalized spacial score (nSPS) is 28.1. The summed E-state index contributed by atoms with van der Waals surface area (Å²) in [5.74, 6) is -0.673. The van der Waals surface area contributed by atoms with E-state index in [0.29, 0.717) is 18.4 Å². The van der Waals surface area contributed by atoms with E-state index in [1.54, 1.807) is 30.3 Å². The first-order valence-corrected chi connectivity index (χ1v) is 9.90. The second-order valence-electron chi connectivity index (χ2n) is 7.47. The lowest BCUT2D eigenvalue weighted by molar-refractivity contribution is -0.141. The van der Waals surface area contributed by atoms with Gasteiger partial charge in [-0.15, -0.1) is 0 Å². The van der Waals surface area contributed by atoms with Crippen LogP contribution in [0.4, 0.5) is 0 Å². The molecule has 0 amide bonds.